The van der Waals surface area contributed by atoms with Gasteiger partial charge >= 0.3 is 0 Å². The average Bonchev–Trinajstić information content (AvgIpc) is 2.41. The van der Waals surface area contributed by atoms with Crippen molar-refractivity contribution in [3.05, 3.63) is 0 Å². The third kappa shape index (κ3) is 3.44. The van der Waals surface area contributed by atoms with Crippen LogP contribution in [0, 0.1) is 5.92 Å². The zero-order valence-corrected chi connectivity index (χ0v) is 11.9. The molecule has 2 aliphatic rings. The third-order valence-corrected chi connectivity index (χ3v) is 6.23. The molecule has 6 heteroatoms. The molecule has 0 bridgehead atoms. The lowest BCUT2D eigenvalue weighted by Crippen LogP contribution is -2.46. The van der Waals surface area contributed by atoms with E-state index in [9.17, 15) is 8.42 Å². The molecule has 2 rings (SSSR count). The lowest BCUT2D eigenvalue weighted by atomic mass is 10.0. The van der Waals surface area contributed by atoms with Gasteiger partial charge in [-0.25, -0.2) is 12.7 Å². The van der Waals surface area contributed by atoms with Gasteiger partial charge < -0.3 is 10.1 Å². The molecule has 0 aromatic heterocycles. The first-order valence-electron chi connectivity index (χ1n) is 6.84. The van der Waals surface area contributed by atoms with Crippen molar-refractivity contribution in [2.45, 2.75) is 30.9 Å². The Morgan fingerprint density at radius 2 is 2.00 bits per heavy atom. The summed E-state index contributed by atoms with van der Waals surface area (Å²) in [4.78, 5) is 0. The van der Waals surface area contributed by atoms with Crippen LogP contribution < -0.4 is 5.32 Å². The van der Waals surface area contributed by atoms with Crippen LogP contribution in [-0.2, 0) is 14.8 Å². The van der Waals surface area contributed by atoms with Gasteiger partial charge in [0.15, 0.2) is 0 Å². The van der Waals surface area contributed by atoms with Crippen LogP contribution in [0.4, 0.5) is 0 Å². The smallest absolute Gasteiger partial charge is 0.217 e. The highest BCUT2D eigenvalue weighted by Crippen LogP contribution is 2.20. The van der Waals surface area contributed by atoms with Gasteiger partial charge in [0.2, 0.25) is 10.0 Å². The van der Waals surface area contributed by atoms with Crippen LogP contribution >= 0.6 is 0 Å². The van der Waals surface area contributed by atoms with E-state index < -0.39 is 10.0 Å². The standard InChI is InChI=1S/C12H24N2O3S/c1-14(10-11-4-7-17-8-5-11)18(15,16)12-3-2-6-13-9-12/h11-13H,2-10H2,1H3. The number of ether oxygens (including phenoxy) is 1. The van der Waals surface area contributed by atoms with Crippen molar-refractivity contribution in [1.29, 1.82) is 0 Å². The molecule has 18 heavy (non-hydrogen) atoms. The molecule has 0 amide bonds. The molecule has 106 valence electrons. The summed E-state index contributed by atoms with van der Waals surface area (Å²) in [6.45, 7) is 3.71. The number of nitrogens with one attached hydrogen (secondary N) is 1. The summed E-state index contributed by atoms with van der Waals surface area (Å²) in [5.74, 6) is 0.454. The van der Waals surface area contributed by atoms with Gasteiger partial charge in [0.1, 0.15) is 0 Å². The zero-order valence-electron chi connectivity index (χ0n) is 11.1. The molecule has 1 unspecified atom stereocenters. The van der Waals surface area contributed by atoms with Gasteiger partial charge in [-0.05, 0) is 38.1 Å². The van der Waals surface area contributed by atoms with Crippen LogP contribution in [0.15, 0.2) is 0 Å². The minimum Gasteiger partial charge on any atom is -0.381 e. The van der Waals surface area contributed by atoms with Gasteiger partial charge in [-0.1, -0.05) is 0 Å². The fourth-order valence-corrected chi connectivity index (χ4v) is 4.45. The predicted molar refractivity (Wildman–Crippen MR) is 71.0 cm³/mol. The van der Waals surface area contributed by atoms with Gasteiger partial charge in [0.25, 0.3) is 0 Å². The van der Waals surface area contributed by atoms with E-state index in [1.54, 1.807) is 11.4 Å². The van der Waals surface area contributed by atoms with Crippen molar-refractivity contribution in [2.24, 2.45) is 5.92 Å². The molecule has 0 aliphatic carbocycles. The molecule has 2 fully saturated rings. The minimum absolute atomic E-state index is 0.240. The van der Waals surface area contributed by atoms with Gasteiger partial charge in [-0.3, -0.25) is 0 Å². The van der Waals surface area contributed by atoms with E-state index in [2.05, 4.69) is 5.32 Å². The van der Waals surface area contributed by atoms with Crippen LogP contribution in [-0.4, -0.2) is 57.9 Å². The summed E-state index contributed by atoms with van der Waals surface area (Å²) >= 11 is 0. The Bertz CT molecular complexity index is 346. The first-order chi connectivity index (χ1) is 8.60. The van der Waals surface area contributed by atoms with Crippen LogP contribution in [0.25, 0.3) is 0 Å². The second-order valence-electron chi connectivity index (χ2n) is 5.35. The average molecular weight is 276 g/mol. The van der Waals surface area contributed by atoms with Crippen LogP contribution in [0.3, 0.4) is 0 Å². The van der Waals surface area contributed by atoms with Crippen molar-refractivity contribution in [3.8, 4) is 0 Å². The van der Waals surface area contributed by atoms with Crippen molar-refractivity contribution in [1.82, 2.24) is 9.62 Å². The molecule has 0 saturated carbocycles. The van der Waals surface area contributed by atoms with Gasteiger partial charge in [-0.2, -0.15) is 0 Å². The number of nitrogens with zero attached hydrogens (tertiary/aromatic N) is 1. The highest BCUT2D eigenvalue weighted by Gasteiger charge is 2.32. The summed E-state index contributed by atoms with van der Waals surface area (Å²) in [5, 5.41) is 2.93. The van der Waals surface area contributed by atoms with E-state index in [1.807, 2.05) is 0 Å². The fraction of sp³-hybridized carbons (Fsp3) is 1.00. The second-order valence-corrected chi connectivity index (χ2v) is 7.67. The molecule has 2 heterocycles. The molecule has 1 atom stereocenters. The Kier molecular flexibility index (Phi) is 5.00. The maximum absolute atomic E-state index is 12.4. The monoisotopic (exact) mass is 276 g/mol. The van der Waals surface area contributed by atoms with Crippen LogP contribution in [0.2, 0.25) is 0 Å². The predicted octanol–water partition coefficient (Wildman–Crippen LogP) is 0.427. The largest absolute Gasteiger partial charge is 0.381 e. The van der Waals surface area contributed by atoms with E-state index >= 15 is 0 Å². The van der Waals surface area contributed by atoms with Gasteiger partial charge in [-0.15, -0.1) is 0 Å². The highest BCUT2D eigenvalue weighted by atomic mass is 32.2. The molecule has 2 aliphatic heterocycles. The minimum atomic E-state index is -3.13. The van der Waals surface area contributed by atoms with Crippen LogP contribution in [0.5, 0.6) is 0 Å². The summed E-state index contributed by atoms with van der Waals surface area (Å²) in [5.41, 5.74) is 0. The van der Waals surface area contributed by atoms with Gasteiger partial charge in [0, 0.05) is 33.4 Å². The maximum atomic E-state index is 12.4. The molecule has 0 radical (unpaired) electrons. The summed E-state index contributed by atoms with van der Waals surface area (Å²) in [6.07, 6.45) is 3.69. The molecular formula is C12H24N2O3S. The topological polar surface area (TPSA) is 58.6 Å². The van der Waals surface area contributed by atoms with E-state index in [-0.39, 0.29) is 5.25 Å². The molecule has 5 nitrogen and oxygen atoms in total. The first-order valence-corrected chi connectivity index (χ1v) is 8.34. The lowest BCUT2D eigenvalue weighted by molar-refractivity contribution is 0.0619. The zero-order chi connectivity index (χ0) is 13.0. The second kappa shape index (κ2) is 6.32. The Hall–Kier alpha value is -0.170. The molecule has 0 aromatic carbocycles. The van der Waals surface area contributed by atoms with E-state index in [4.69, 9.17) is 4.74 Å². The van der Waals surface area contributed by atoms with Crippen molar-refractivity contribution < 1.29 is 13.2 Å². The Labute approximate surface area is 110 Å². The lowest BCUT2D eigenvalue weighted by Gasteiger charge is -2.31. The number of piperidine rings is 1. The third-order valence-electron chi connectivity index (χ3n) is 3.96. The molecular weight excluding hydrogens is 252 g/mol. The molecule has 2 saturated heterocycles. The Morgan fingerprint density at radius 3 is 2.61 bits per heavy atom. The summed E-state index contributed by atoms with van der Waals surface area (Å²) < 4.78 is 31.7. The number of rotatable bonds is 4. The quantitative estimate of drug-likeness (QED) is 0.809. The van der Waals surface area contributed by atoms with Crippen molar-refractivity contribution in [2.75, 3.05) is 39.9 Å². The van der Waals surface area contributed by atoms with E-state index in [1.165, 1.54) is 0 Å². The summed E-state index contributed by atoms with van der Waals surface area (Å²) in [6, 6.07) is 0. The molecule has 0 spiro atoms. The molecule has 0 aromatic rings. The summed E-state index contributed by atoms with van der Waals surface area (Å²) in [7, 11) is -1.41. The number of hydrogen-bond acceptors (Lipinski definition) is 4. The number of sulfonamides is 1. The number of hydrogen-bond donors (Lipinski definition) is 1. The van der Waals surface area contributed by atoms with E-state index in [0.717, 1.165) is 45.4 Å². The fourth-order valence-electron chi connectivity index (χ4n) is 2.73. The SMILES string of the molecule is CN(CC1CCOCC1)S(=O)(=O)C1CCCNC1. The first kappa shape index (κ1) is 14.2. The Balaban J connectivity index is 1.91. The van der Waals surface area contributed by atoms with E-state index in [0.29, 0.717) is 19.0 Å². The molecule has 1 N–H and O–H groups in total. The Morgan fingerprint density at radius 1 is 1.28 bits per heavy atom. The van der Waals surface area contributed by atoms with Crippen molar-refractivity contribution in [3.63, 3.8) is 0 Å². The van der Waals surface area contributed by atoms with Crippen molar-refractivity contribution >= 4 is 10.0 Å². The van der Waals surface area contributed by atoms with Gasteiger partial charge in [0.05, 0.1) is 5.25 Å². The normalized spacial score (nSPS) is 27.6. The highest BCUT2D eigenvalue weighted by molar-refractivity contribution is 7.89. The van der Waals surface area contributed by atoms with Crippen LogP contribution in [0.1, 0.15) is 25.7 Å². The maximum Gasteiger partial charge on any atom is 0.217 e.